The van der Waals surface area contributed by atoms with Crippen molar-refractivity contribution >= 4 is 23.2 Å². The molecule has 1 N–H and O–H groups in total. The van der Waals surface area contributed by atoms with E-state index in [2.05, 4.69) is 16.0 Å². The molecule has 2 heterocycles. The molecule has 2 aromatic rings. The van der Waals surface area contributed by atoms with E-state index in [1.807, 2.05) is 24.3 Å². The molecule has 5 heteroatoms. The first kappa shape index (κ1) is 17.3. The molecule has 2 aliphatic rings. The second-order valence-electron chi connectivity index (χ2n) is 7.45. The Hall–Kier alpha value is -1.13. The van der Waals surface area contributed by atoms with Gasteiger partial charge in [0.2, 0.25) is 0 Å². The molecule has 2 fully saturated rings. The fourth-order valence-corrected chi connectivity index (χ4v) is 4.63. The summed E-state index contributed by atoms with van der Waals surface area (Å²) in [6, 6.07) is 9.71. The summed E-state index contributed by atoms with van der Waals surface area (Å²) in [5.41, 5.74) is 1.55. The molecule has 1 aromatic carbocycles. The third kappa shape index (κ3) is 3.43. The van der Waals surface area contributed by atoms with Crippen molar-refractivity contribution in [1.29, 1.82) is 0 Å². The standard InChI is InChI=1S/C20H22Cl2N2O/c21-16-3-4-17(18(22)12-16)19(5-6-19)14-24-10-7-20(25,8-11-24)15-2-1-9-23-13-15/h1-4,9,12-13,25H,5-8,10-11,14H2. The lowest BCUT2D eigenvalue weighted by molar-refractivity contribution is -0.0279. The van der Waals surface area contributed by atoms with Gasteiger partial charge in [0.05, 0.1) is 5.60 Å². The van der Waals surface area contributed by atoms with Gasteiger partial charge in [-0.1, -0.05) is 35.3 Å². The zero-order valence-electron chi connectivity index (χ0n) is 14.1. The number of aliphatic hydroxyl groups is 1. The van der Waals surface area contributed by atoms with Gasteiger partial charge in [0, 0.05) is 53.1 Å². The zero-order chi connectivity index (χ0) is 17.5. The van der Waals surface area contributed by atoms with E-state index in [-0.39, 0.29) is 5.41 Å². The molecule has 0 bridgehead atoms. The van der Waals surface area contributed by atoms with Crippen LogP contribution >= 0.6 is 23.2 Å². The van der Waals surface area contributed by atoms with Crippen molar-refractivity contribution < 1.29 is 5.11 Å². The number of benzene rings is 1. The van der Waals surface area contributed by atoms with Crippen LogP contribution in [0.15, 0.2) is 42.7 Å². The molecule has 25 heavy (non-hydrogen) atoms. The SMILES string of the molecule is OC1(c2cccnc2)CCN(CC2(c3ccc(Cl)cc3Cl)CC2)CC1. The van der Waals surface area contributed by atoms with Crippen LogP contribution in [0.5, 0.6) is 0 Å². The quantitative estimate of drug-likeness (QED) is 0.858. The maximum atomic E-state index is 11.0. The molecule has 1 aliphatic carbocycles. The van der Waals surface area contributed by atoms with Crippen molar-refractivity contribution in [2.75, 3.05) is 19.6 Å². The van der Waals surface area contributed by atoms with Gasteiger partial charge in [-0.3, -0.25) is 4.98 Å². The number of hydrogen-bond donors (Lipinski definition) is 1. The van der Waals surface area contributed by atoms with Crippen molar-refractivity contribution in [3.8, 4) is 0 Å². The number of aromatic nitrogens is 1. The third-order valence-corrected chi connectivity index (χ3v) is 6.31. The van der Waals surface area contributed by atoms with E-state index in [0.717, 1.165) is 55.9 Å². The Morgan fingerprint density at radius 1 is 1.08 bits per heavy atom. The topological polar surface area (TPSA) is 36.4 Å². The van der Waals surface area contributed by atoms with E-state index in [4.69, 9.17) is 23.2 Å². The van der Waals surface area contributed by atoms with Gasteiger partial charge >= 0.3 is 0 Å². The zero-order valence-corrected chi connectivity index (χ0v) is 15.6. The molecule has 0 atom stereocenters. The Labute approximate surface area is 158 Å². The lowest BCUT2D eigenvalue weighted by Crippen LogP contribution is -2.45. The molecule has 3 nitrogen and oxygen atoms in total. The predicted molar refractivity (Wildman–Crippen MR) is 101 cm³/mol. The van der Waals surface area contributed by atoms with Gasteiger partial charge in [0.1, 0.15) is 0 Å². The van der Waals surface area contributed by atoms with Crippen molar-refractivity contribution in [3.05, 3.63) is 63.9 Å². The van der Waals surface area contributed by atoms with Crippen LogP contribution < -0.4 is 0 Å². The van der Waals surface area contributed by atoms with Crippen molar-refractivity contribution in [2.24, 2.45) is 0 Å². The molecule has 0 unspecified atom stereocenters. The Morgan fingerprint density at radius 3 is 2.44 bits per heavy atom. The minimum Gasteiger partial charge on any atom is -0.385 e. The van der Waals surface area contributed by atoms with Gasteiger partial charge in [-0.25, -0.2) is 0 Å². The van der Waals surface area contributed by atoms with Crippen LogP contribution in [0.3, 0.4) is 0 Å². The predicted octanol–water partition coefficient (Wildman–Crippen LogP) is 4.40. The highest BCUT2D eigenvalue weighted by molar-refractivity contribution is 6.35. The van der Waals surface area contributed by atoms with Crippen LogP contribution in [-0.4, -0.2) is 34.6 Å². The molecule has 1 aromatic heterocycles. The van der Waals surface area contributed by atoms with Crippen LogP contribution in [0, 0.1) is 0 Å². The number of nitrogens with zero attached hydrogens (tertiary/aromatic N) is 2. The second kappa shape index (κ2) is 6.55. The molecular formula is C20H22Cl2N2O. The van der Waals surface area contributed by atoms with Crippen LogP contribution in [-0.2, 0) is 11.0 Å². The van der Waals surface area contributed by atoms with Gasteiger partial charge in [-0.2, -0.15) is 0 Å². The van der Waals surface area contributed by atoms with Gasteiger partial charge in [0.15, 0.2) is 0 Å². The largest absolute Gasteiger partial charge is 0.385 e. The van der Waals surface area contributed by atoms with E-state index in [1.165, 1.54) is 5.56 Å². The van der Waals surface area contributed by atoms with E-state index in [1.54, 1.807) is 12.4 Å². The van der Waals surface area contributed by atoms with Gasteiger partial charge in [-0.15, -0.1) is 0 Å². The highest BCUT2D eigenvalue weighted by Gasteiger charge is 2.47. The minimum atomic E-state index is -0.751. The Kier molecular flexibility index (Phi) is 4.53. The maximum Gasteiger partial charge on any atom is 0.0935 e. The monoisotopic (exact) mass is 376 g/mol. The first-order chi connectivity index (χ1) is 12.0. The van der Waals surface area contributed by atoms with Gasteiger partial charge in [0.25, 0.3) is 0 Å². The number of piperidine rings is 1. The van der Waals surface area contributed by atoms with Crippen LogP contribution in [0.4, 0.5) is 0 Å². The third-order valence-electron chi connectivity index (χ3n) is 5.76. The number of hydrogen-bond acceptors (Lipinski definition) is 3. The highest BCUT2D eigenvalue weighted by atomic mass is 35.5. The van der Waals surface area contributed by atoms with E-state index >= 15 is 0 Å². The van der Waals surface area contributed by atoms with Crippen molar-refractivity contribution in [1.82, 2.24) is 9.88 Å². The second-order valence-corrected chi connectivity index (χ2v) is 8.30. The Morgan fingerprint density at radius 2 is 1.84 bits per heavy atom. The van der Waals surface area contributed by atoms with Gasteiger partial charge in [-0.05, 0) is 49.4 Å². The molecular weight excluding hydrogens is 355 g/mol. The molecule has 1 saturated carbocycles. The summed E-state index contributed by atoms with van der Waals surface area (Å²) in [5.74, 6) is 0. The molecule has 1 aliphatic heterocycles. The Balaban J connectivity index is 1.44. The maximum absolute atomic E-state index is 11.0. The van der Waals surface area contributed by atoms with Crippen LogP contribution in [0.2, 0.25) is 10.0 Å². The number of rotatable bonds is 4. The molecule has 0 spiro atoms. The number of pyridine rings is 1. The lowest BCUT2D eigenvalue weighted by Gasteiger charge is -2.40. The van der Waals surface area contributed by atoms with Crippen molar-refractivity contribution in [3.63, 3.8) is 0 Å². The molecule has 4 rings (SSSR count). The highest BCUT2D eigenvalue weighted by Crippen LogP contribution is 2.51. The smallest absolute Gasteiger partial charge is 0.0935 e. The summed E-state index contributed by atoms with van der Waals surface area (Å²) in [4.78, 5) is 6.61. The molecule has 0 radical (unpaired) electrons. The average molecular weight is 377 g/mol. The fraction of sp³-hybridized carbons (Fsp3) is 0.450. The first-order valence-electron chi connectivity index (χ1n) is 8.82. The molecule has 132 valence electrons. The summed E-state index contributed by atoms with van der Waals surface area (Å²) >= 11 is 12.5. The van der Waals surface area contributed by atoms with E-state index in [9.17, 15) is 5.11 Å². The average Bonchev–Trinajstić information content (AvgIpc) is 3.38. The van der Waals surface area contributed by atoms with Crippen molar-refractivity contribution in [2.45, 2.75) is 36.7 Å². The summed E-state index contributed by atoms with van der Waals surface area (Å²) in [6.07, 6.45) is 7.34. The van der Waals surface area contributed by atoms with E-state index < -0.39 is 5.60 Å². The van der Waals surface area contributed by atoms with Crippen LogP contribution in [0.25, 0.3) is 0 Å². The Bertz CT molecular complexity index is 754. The summed E-state index contributed by atoms with van der Waals surface area (Å²) in [5, 5.41) is 12.4. The number of likely N-dealkylation sites (tertiary alicyclic amines) is 1. The number of halogens is 2. The summed E-state index contributed by atoms with van der Waals surface area (Å²) < 4.78 is 0. The summed E-state index contributed by atoms with van der Waals surface area (Å²) in [7, 11) is 0. The first-order valence-corrected chi connectivity index (χ1v) is 9.57. The molecule has 1 saturated heterocycles. The van der Waals surface area contributed by atoms with E-state index in [0.29, 0.717) is 5.02 Å². The molecule has 0 amide bonds. The van der Waals surface area contributed by atoms with Crippen LogP contribution in [0.1, 0.15) is 36.8 Å². The fourth-order valence-electron chi connectivity index (χ4n) is 4.02. The minimum absolute atomic E-state index is 0.158. The normalized spacial score (nSPS) is 21.9. The summed E-state index contributed by atoms with van der Waals surface area (Å²) in [6.45, 7) is 2.77. The lowest BCUT2D eigenvalue weighted by atomic mass is 9.84. The van der Waals surface area contributed by atoms with Gasteiger partial charge < -0.3 is 10.0 Å².